The van der Waals surface area contributed by atoms with E-state index in [1.165, 1.54) is 5.56 Å². The van der Waals surface area contributed by atoms with Gasteiger partial charge in [0.25, 0.3) is 0 Å². The predicted octanol–water partition coefficient (Wildman–Crippen LogP) is 3.10. The Hall–Kier alpha value is -2.64. The van der Waals surface area contributed by atoms with Gasteiger partial charge in [0.15, 0.2) is 0 Å². The van der Waals surface area contributed by atoms with Crippen LogP contribution in [0.15, 0.2) is 30.5 Å². The highest BCUT2D eigenvalue weighted by molar-refractivity contribution is 5.80. The molecule has 0 spiro atoms. The van der Waals surface area contributed by atoms with Gasteiger partial charge in [0, 0.05) is 31.2 Å². The third-order valence-corrected chi connectivity index (χ3v) is 4.85. The molecule has 7 heteroatoms. The van der Waals surface area contributed by atoms with Gasteiger partial charge in [-0.3, -0.25) is 4.90 Å². The highest BCUT2D eigenvalue weighted by atomic mass is 16.5. The number of rotatable bonds is 6. The number of hydrogen-bond acceptors (Lipinski definition) is 6. The Labute approximate surface area is 158 Å². The number of aromatic amines is 1. The highest BCUT2D eigenvalue weighted by Crippen LogP contribution is 2.29. The summed E-state index contributed by atoms with van der Waals surface area (Å²) in [5.74, 6) is 1.36. The molecule has 3 aromatic rings. The maximum absolute atomic E-state index is 5.61. The van der Waals surface area contributed by atoms with Crippen molar-refractivity contribution in [3.63, 3.8) is 0 Å². The summed E-state index contributed by atoms with van der Waals surface area (Å²) in [6.07, 6.45) is 2.74. The molecule has 1 fully saturated rings. The lowest BCUT2D eigenvalue weighted by atomic mass is 10.1. The molecule has 4 rings (SSSR count). The molecular weight excluding hydrogens is 342 g/mol. The Kier molecular flexibility index (Phi) is 5.22. The number of benzene rings is 1. The minimum absolute atomic E-state index is 0.570. The van der Waals surface area contributed by atoms with Crippen LogP contribution >= 0.6 is 0 Å². The molecule has 1 aromatic carbocycles. The lowest BCUT2D eigenvalue weighted by Gasteiger charge is -2.26. The summed E-state index contributed by atoms with van der Waals surface area (Å²) in [5, 5.41) is 4.38. The number of anilines is 2. The molecule has 142 valence electrons. The van der Waals surface area contributed by atoms with Gasteiger partial charge in [-0.05, 0) is 30.2 Å². The van der Waals surface area contributed by atoms with Crippen molar-refractivity contribution in [3.05, 3.63) is 41.7 Å². The van der Waals surface area contributed by atoms with Crippen LogP contribution in [0.25, 0.3) is 11.0 Å². The number of aromatic nitrogens is 3. The molecule has 0 aliphatic carbocycles. The Balaban J connectivity index is 1.56. The van der Waals surface area contributed by atoms with E-state index in [1.807, 2.05) is 18.3 Å². The van der Waals surface area contributed by atoms with Gasteiger partial charge in [-0.2, -0.15) is 4.98 Å². The van der Waals surface area contributed by atoms with Gasteiger partial charge < -0.3 is 19.8 Å². The Morgan fingerprint density at radius 3 is 2.85 bits per heavy atom. The molecule has 1 saturated heterocycles. The van der Waals surface area contributed by atoms with Crippen molar-refractivity contribution in [1.82, 2.24) is 19.9 Å². The monoisotopic (exact) mass is 367 g/mol. The fraction of sp³-hybridized carbons (Fsp3) is 0.400. The number of H-pyrrole nitrogens is 1. The van der Waals surface area contributed by atoms with E-state index in [0.29, 0.717) is 5.95 Å². The highest BCUT2D eigenvalue weighted by Gasteiger charge is 2.14. The van der Waals surface area contributed by atoms with Crippen LogP contribution in [0, 0.1) is 0 Å². The van der Waals surface area contributed by atoms with Crippen molar-refractivity contribution in [1.29, 1.82) is 0 Å². The number of nitrogens with zero attached hydrogens (tertiary/aromatic N) is 3. The third kappa shape index (κ3) is 3.89. The van der Waals surface area contributed by atoms with Crippen LogP contribution in [0.1, 0.15) is 18.2 Å². The summed E-state index contributed by atoms with van der Waals surface area (Å²) in [4.78, 5) is 14.8. The summed E-state index contributed by atoms with van der Waals surface area (Å²) in [7, 11) is 1.69. The molecule has 2 N–H and O–H groups in total. The number of fused-ring (bicyclic) bond motifs is 1. The number of ether oxygens (including phenoxy) is 2. The molecular formula is C20H25N5O2. The van der Waals surface area contributed by atoms with Crippen LogP contribution in [0.3, 0.4) is 0 Å². The average Bonchev–Trinajstić information content (AvgIpc) is 3.18. The zero-order valence-corrected chi connectivity index (χ0v) is 15.8. The Bertz CT molecular complexity index is 918. The fourth-order valence-corrected chi connectivity index (χ4v) is 3.41. The molecule has 2 aromatic heterocycles. The molecule has 0 unspecified atom stereocenters. The van der Waals surface area contributed by atoms with Crippen molar-refractivity contribution in [3.8, 4) is 5.75 Å². The molecule has 1 aliphatic rings. The molecule has 0 saturated carbocycles. The lowest BCUT2D eigenvalue weighted by Crippen LogP contribution is -2.35. The van der Waals surface area contributed by atoms with Crippen molar-refractivity contribution < 1.29 is 9.47 Å². The lowest BCUT2D eigenvalue weighted by molar-refractivity contribution is 0.0342. The fourth-order valence-electron chi connectivity index (χ4n) is 3.41. The second kappa shape index (κ2) is 7.94. The quantitative estimate of drug-likeness (QED) is 0.697. The van der Waals surface area contributed by atoms with Crippen LogP contribution in [0.2, 0.25) is 0 Å². The Morgan fingerprint density at radius 1 is 1.22 bits per heavy atom. The van der Waals surface area contributed by atoms with E-state index in [9.17, 15) is 0 Å². The van der Waals surface area contributed by atoms with Crippen molar-refractivity contribution in [2.75, 3.05) is 38.7 Å². The van der Waals surface area contributed by atoms with Gasteiger partial charge in [-0.15, -0.1) is 0 Å². The minimum atomic E-state index is 0.570. The van der Waals surface area contributed by atoms with Crippen LogP contribution in [-0.2, 0) is 17.7 Å². The Morgan fingerprint density at radius 2 is 2.07 bits per heavy atom. The first-order valence-electron chi connectivity index (χ1n) is 9.35. The second-order valence-electron chi connectivity index (χ2n) is 6.64. The van der Waals surface area contributed by atoms with Crippen molar-refractivity contribution in [2.45, 2.75) is 19.9 Å². The molecule has 0 amide bonds. The summed E-state index contributed by atoms with van der Waals surface area (Å²) in [6.45, 7) is 6.52. The number of morpholine rings is 1. The van der Waals surface area contributed by atoms with Crippen LogP contribution < -0.4 is 10.1 Å². The average molecular weight is 367 g/mol. The van der Waals surface area contributed by atoms with Gasteiger partial charge >= 0.3 is 0 Å². The maximum Gasteiger partial charge on any atom is 0.229 e. The zero-order chi connectivity index (χ0) is 18.6. The van der Waals surface area contributed by atoms with E-state index in [-0.39, 0.29) is 0 Å². The van der Waals surface area contributed by atoms with Gasteiger partial charge in [-0.1, -0.05) is 13.0 Å². The predicted molar refractivity (Wildman–Crippen MR) is 106 cm³/mol. The van der Waals surface area contributed by atoms with Gasteiger partial charge in [-0.25, -0.2) is 4.98 Å². The van der Waals surface area contributed by atoms with Crippen LogP contribution in [0.5, 0.6) is 5.75 Å². The van der Waals surface area contributed by atoms with Crippen molar-refractivity contribution >= 4 is 22.7 Å². The number of methoxy groups -OCH3 is 1. The van der Waals surface area contributed by atoms with E-state index in [0.717, 1.165) is 67.4 Å². The number of aryl methyl sites for hydroxylation is 1. The summed E-state index contributed by atoms with van der Waals surface area (Å²) >= 11 is 0. The first kappa shape index (κ1) is 17.8. The molecule has 0 radical (unpaired) electrons. The summed E-state index contributed by atoms with van der Waals surface area (Å²) < 4.78 is 11.0. The van der Waals surface area contributed by atoms with Gasteiger partial charge in [0.05, 0.1) is 31.7 Å². The second-order valence-corrected chi connectivity index (χ2v) is 6.64. The van der Waals surface area contributed by atoms with Gasteiger partial charge in [0.1, 0.15) is 11.4 Å². The first-order chi connectivity index (χ1) is 13.3. The van der Waals surface area contributed by atoms with Crippen LogP contribution in [-0.4, -0.2) is 53.3 Å². The largest absolute Gasteiger partial charge is 0.495 e. The number of nitrogens with one attached hydrogen (secondary N) is 2. The molecule has 0 atom stereocenters. The molecule has 1 aliphatic heterocycles. The third-order valence-electron chi connectivity index (χ3n) is 4.85. The standard InChI is InChI=1S/C20H25N5O2/c1-3-16-15-6-7-21-19(15)24-20(22-16)23-17-5-4-14(12-18(17)26-2)13-25-8-10-27-11-9-25/h4-7,12H,3,8-11,13H2,1-2H3,(H2,21,22,23,24). The smallest absolute Gasteiger partial charge is 0.229 e. The van der Waals surface area contributed by atoms with E-state index < -0.39 is 0 Å². The number of hydrogen-bond donors (Lipinski definition) is 2. The zero-order valence-electron chi connectivity index (χ0n) is 15.8. The molecule has 0 bridgehead atoms. The summed E-state index contributed by atoms with van der Waals surface area (Å²) in [6, 6.07) is 8.24. The molecule has 27 heavy (non-hydrogen) atoms. The van der Waals surface area contributed by atoms with E-state index in [1.54, 1.807) is 7.11 Å². The SMILES string of the molecule is CCc1nc(Nc2ccc(CN3CCOCC3)cc2OC)nc2[nH]ccc12. The molecule has 7 nitrogen and oxygen atoms in total. The first-order valence-corrected chi connectivity index (χ1v) is 9.35. The van der Waals surface area contributed by atoms with E-state index in [2.05, 4.69) is 44.2 Å². The summed E-state index contributed by atoms with van der Waals surface area (Å²) in [5.41, 5.74) is 3.93. The van der Waals surface area contributed by atoms with Gasteiger partial charge in [0.2, 0.25) is 5.95 Å². The van der Waals surface area contributed by atoms with Crippen molar-refractivity contribution in [2.24, 2.45) is 0 Å². The minimum Gasteiger partial charge on any atom is -0.495 e. The van der Waals surface area contributed by atoms with E-state index >= 15 is 0 Å². The van der Waals surface area contributed by atoms with Crippen LogP contribution in [0.4, 0.5) is 11.6 Å². The maximum atomic E-state index is 5.61. The topological polar surface area (TPSA) is 75.3 Å². The van der Waals surface area contributed by atoms with E-state index in [4.69, 9.17) is 9.47 Å². The molecule has 3 heterocycles. The normalized spacial score (nSPS) is 15.2.